The minimum Gasteiger partial charge on any atom is -0.494 e. The average Bonchev–Trinajstić information content (AvgIpc) is 3.39. The van der Waals surface area contributed by atoms with Gasteiger partial charge in [-0.05, 0) is 91.9 Å². The van der Waals surface area contributed by atoms with Crippen LogP contribution >= 0.6 is 0 Å². The topological polar surface area (TPSA) is 33.5 Å². The summed E-state index contributed by atoms with van der Waals surface area (Å²) in [6.45, 7) is 15.7. The molecule has 0 atom stereocenters. The Labute approximate surface area is 259 Å². The molecule has 2 heterocycles. The molecule has 0 aliphatic carbocycles. The van der Waals surface area contributed by atoms with Crippen molar-refractivity contribution < 1.29 is 4.74 Å². The van der Waals surface area contributed by atoms with Gasteiger partial charge in [-0.15, -0.1) is 0 Å². The molecule has 1 aliphatic rings. The Hall–Kier alpha value is -3.57. The second-order valence-electron chi connectivity index (χ2n) is 12.0. The van der Waals surface area contributed by atoms with Gasteiger partial charge in [-0.1, -0.05) is 82.5 Å². The Kier molecular flexibility index (Phi) is 11.3. The standard InChI is InChI=1S/C38H50N4O/c1-4-6-15-27-43-35-22-20-32(21-23-35)31(3)41(26-7-5-2)30-38-39-36-18-11-12-19-37(36)42(38)29-34-17-10-9-16-33(34)28-40-24-13-8-14-25-40/h9-12,16-23H,3-8,13-15,24-30H2,1-2H3. The predicted molar refractivity (Wildman–Crippen MR) is 180 cm³/mol. The number of hydrogen-bond acceptors (Lipinski definition) is 4. The van der Waals surface area contributed by atoms with Crippen molar-refractivity contribution in [1.82, 2.24) is 19.4 Å². The first-order valence-corrected chi connectivity index (χ1v) is 16.6. The van der Waals surface area contributed by atoms with E-state index in [9.17, 15) is 0 Å². The van der Waals surface area contributed by atoms with Crippen LogP contribution in [0.25, 0.3) is 16.7 Å². The average molecular weight is 579 g/mol. The van der Waals surface area contributed by atoms with Gasteiger partial charge < -0.3 is 14.2 Å². The third-order valence-electron chi connectivity index (χ3n) is 8.72. The fourth-order valence-electron chi connectivity index (χ4n) is 6.11. The first kappa shape index (κ1) is 30.9. The minimum absolute atomic E-state index is 0.719. The molecule has 0 radical (unpaired) electrons. The Balaban J connectivity index is 1.38. The lowest BCUT2D eigenvalue weighted by atomic mass is 10.0. The second kappa shape index (κ2) is 15.8. The number of aromatic nitrogens is 2. The first-order valence-electron chi connectivity index (χ1n) is 16.6. The van der Waals surface area contributed by atoms with E-state index in [1.54, 1.807) is 0 Å². The van der Waals surface area contributed by atoms with Crippen LogP contribution in [0.15, 0.2) is 79.4 Å². The molecule has 1 saturated heterocycles. The van der Waals surface area contributed by atoms with Crippen LogP contribution in [0.1, 0.15) is 87.7 Å². The molecule has 0 bridgehead atoms. The maximum atomic E-state index is 5.97. The fraction of sp³-hybridized carbons (Fsp3) is 0.447. The molecule has 4 aromatic rings. The summed E-state index contributed by atoms with van der Waals surface area (Å²) in [7, 11) is 0. The smallest absolute Gasteiger partial charge is 0.129 e. The van der Waals surface area contributed by atoms with Crippen LogP contribution in [-0.2, 0) is 19.6 Å². The number of fused-ring (bicyclic) bond motifs is 1. The molecule has 0 amide bonds. The number of imidazole rings is 1. The van der Waals surface area contributed by atoms with Crippen LogP contribution in [0.3, 0.4) is 0 Å². The highest BCUT2D eigenvalue weighted by atomic mass is 16.5. The highest BCUT2D eigenvalue weighted by Crippen LogP contribution is 2.26. The summed E-state index contributed by atoms with van der Waals surface area (Å²) in [6, 6.07) is 26.0. The van der Waals surface area contributed by atoms with Crippen molar-refractivity contribution in [3.05, 3.63) is 102 Å². The van der Waals surface area contributed by atoms with Gasteiger partial charge in [0.05, 0.1) is 24.2 Å². The van der Waals surface area contributed by atoms with Crippen LogP contribution in [0.4, 0.5) is 0 Å². The molecule has 0 unspecified atom stereocenters. The molecule has 1 aromatic heterocycles. The van der Waals surface area contributed by atoms with Crippen LogP contribution in [0.2, 0.25) is 0 Å². The normalized spacial score (nSPS) is 13.8. The quantitative estimate of drug-likeness (QED) is 0.124. The van der Waals surface area contributed by atoms with Crippen LogP contribution in [-0.4, -0.2) is 45.6 Å². The first-order chi connectivity index (χ1) is 21.2. The fourth-order valence-corrected chi connectivity index (χ4v) is 6.11. The zero-order valence-corrected chi connectivity index (χ0v) is 26.4. The van der Waals surface area contributed by atoms with Crippen LogP contribution in [0, 0.1) is 0 Å². The highest BCUT2D eigenvalue weighted by Gasteiger charge is 2.19. The zero-order chi connectivity index (χ0) is 29.9. The van der Waals surface area contributed by atoms with Crippen molar-refractivity contribution in [3.63, 3.8) is 0 Å². The van der Waals surface area contributed by atoms with Crippen LogP contribution in [0.5, 0.6) is 5.75 Å². The van der Waals surface area contributed by atoms with Crippen LogP contribution < -0.4 is 4.74 Å². The lowest BCUT2D eigenvalue weighted by Crippen LogP contribution is -2.29. The number of nitrogens with zero attached hydrogens (tertiary/aromatic N) is 4. The molecule has 43 heavy (non-hydrogen) atoms. The van der Waals surface area contributed by atoms with E-state index in [0.717, 1.165) is 80.4 Å². The van der Waals surface area contributed by atoms with E-state index < -0.39 is 0 Å². The van der Waals surface area contributed by atoms with Gasteiger partial charge in [0, 0.05) is 25.3 Å². The number of benzene rings is 3. The maximum Gasteiger partial charge on any atom is 0.129 e. The number of piperidine rings is 1. The molecule has 5 nitrogen and oxygen atoms in total. The monoisotopic (exact) mass is 578 g/mol. The van der Waals surface area contributed by atoms with Crippen molar-refractivity contribution in [2.45, 2.75) is 84.8 Å². The van der Waals surface area contributed by atoms with Crippen molar-refractivity contribution in [1.29, 1.82) is 0 Å². The molecule has 0 N–H and O–H groups in total. The predicted octanol–water partition coefficient (Wildman–Crippen LogP) is 8.91. The third kappa shape index (κ3) is 8.29. The van der Waals surface area contributed by atoms with Gasteiger partial charge in [0.2, 0.25) is 0 Å². The third-order valence-corrected chi connectivity index (χ3v) is 8.72. The summed E-state index contributed by atoms with van der Waals surface area (Å²) in [5.74, 6) is 2.01. The molecule has 5 heteroatoms. The van der Waals surface area contributed by atoms with Gasteiger partial charge in [-0.25, -0.2) is 4.98 Å². The molecular formula is C38H50N4O. The maximum absolute atomic E-state index is 5.97. The lowest BCUT2D eigenvalue weighted by molar-refractivity contribution is 0.220. The van der Waals surface area contributed by atoms with E-state index in [1.165, 1.54) is 61.8 Å². The van der Waals surface area contributed by atoms with E-state index in [-0.39, 0.29) is 0 Å². The van der Waals surface area contributed by atoms with E-state index in [2.05, 4.69) is 108 Å². The highest BCUT2D eigenvalue weighted by molar-refractivity contribution is 5.76. The summed E-state index contributed by atoms with van der Waals surface area (Å²) in [6.07, 6.45) is 9.73. The number of unbranched alkanes of at least 4 members (excludes halogenated alkanes) is 3. The van der Waals surface area contributed by atoms with E-state index in [0.29, 0.717) is 0 Å². The molecule has 1 fully saturated rings. The molecule has 0 spiro atoms. The van der Waals surface area contributed by atoms with Gasteiger partial charge in [-0.3, -0.25) is 4.90 Å². The second-order valence-corrected chi connectivity index (χ2v) is 12.0. The Morgan fingerprint density at radius 3 is 2.26 bits per heavy atom. The van der Waals surface area contributed by atoms with Gasteiger partial charge in [0.15, 0.2) is 0 Å². The number of para-hydroxylation sites is 2. The molecule has 1 aliphatic heterocycles. The van der Waals surface area contributed by atoms with Crippen molar-refractivity contribution >= 4 is 16.7 Å². The molecule has 228 valence electrons. The summed E-state index contributed by atoms with van der Waals surface area (Å²) < 4.78 is 8.40. The minimum atomic E-state index is 0.719. The molecule has 5 rings (SSSR count). The van der Waals surface area contributed by atoms with Gasteiger partial charge >= 0.3 is 0 Å². The summed E-state index contributed by atoms with van der Waals surface area (Å²) in [5.41, 5.74) is 7.22. The number of ether oxygens (including phenoxy) is 1. The molecule has 0 saturated carbocycles. The summed E-state index contributed by atoms with van der Waals surface area (Å²) >= 11 is 0. The Morgan fingerprint density at radius 2 is 1.51 bits per heavy atom. The number of hydrogen-bond donors (Lipinski definition) is 0. The van der Waals surface area contributed by atoms with E-state index in [4.69, 9.17) is 9.72 Å². The van der Waals surface area contributed by atoms with E-state index in [1.807, 2.05) is 0 Å². The SMILES string of the molecule is C=C(c1ccc(OCCCCC)cc1)N(CCCC)Cc1nc2ccccc2n1Cc1ccccc1CN1CCCCC1. The van der Waals surface area contributed by atoms with Crippen molar-refractivity contribution in [2.24, 2.45) is 0 Å². The van der Waals surface area contributed by atoms with Gasteiger partial charge in [-0.2, -0.15) is 0 Å². The number of likely N-dealkylation sites (tertiary alicyclic amines) is 1. The van der Waals surface area contributed by atoms with Crippen molar-refractivity contribution in [2.75, 3.05) is 26.2 Å². The number of rotatable bonds is 16. The largest absolute Gasteiger partial charge is 0.494 e. The summed E-state index contributed by atoms with van der Waals surface area (Å²) in [5, 5.41) is 0. The van der Waals surface area contributed by atoms with Gasteiger partial charge in [0.25, 0.3) is 0 Å². The van der Waals surface area contributed by atoms with Crippen molar-refractivity contribution in [3.8, 4) is 5.75 Å². The Morgan fingerprint density at radius 1 is 0.814 bits per heavy atom. The lowest BCUT2D eigenvalue weighted by Gasteiger charge is -2.28. The van der Waals surface area contributed by atoms with E-state index >= 15 is 0 Å². The van der Waals surface area contributed by atoms with Gasteiger partial charge in [0.1, 0.15) is 11.6 Å². The Bertz CT molecular complexity index is 1430. The zero-order valence-electron chi connectivity index (χ0n) is 26.4. The molecule has 3 aromatic carbocycles. The molecular weight excluding hydrogens is 528 g/mol. The summed E-state index contributed by atoms with van der Waals surface area (Å²) in [4.78, 5) is 10.2.